The molecule has 0 bridgehead atoms. The third-order valence-corrected chi connectivity index (χ3v) is 4.98. The van der Waals surface area contributed by atoms with Crippen molar-refractivity contribution in [2.75, 3.05) is 11.9 Å². The lowest BCUT2D eigenvalue weighted by Crippen LogP contribution is -2.43. The smallest absolute Gasteiger partial charge is 0.330 e. The maximum absolute atomic E-state index is 13.4. The van der Waals surface area contributed by atoms with Gasteiger partial charge < -0.3 is 25.7 Å². The quantitative estimate of drug-likeness (QED) is 0.308. The summed E-state index contributed by atoms with van der Waals surface area (Å²) in [6, 6.07) is 10.4. The maximum atomic E-state index is 13.4. The molecule has 3 amide bonds. The molecule has 1 aromatic heterocycles. The van der Waals surface area contributed by atoms with E-state index in [0.717, 1.165) is 5.56 Å². The molecule has 1 aromatic carbocycles. The predicted molar refractivity (Wildman–Crippen MR) is 130 cm³/mol. The van der Waals surface area contributed by atoms with E-state index in [4.69, 9.17) is 10.5 Å². The number of aromatic nitrogens is 1. The molecule has 0 aliphatic carbocycles. The zero-order valence-electron chi connectivity index (χ0n) is 19.7. The Morgan fingerprint density at radius 1 is 1.11 bits per heavy atom. The largest absolute Gasteiger partial charge is 0.463 e. The number of nitrogens with one attached hydrogen (secondary N) is 2. The van der Waals surface area contributed by atoms with Crippen LogP contribution in [0.25, 0.3) is 0 Å². The Labute approximate surface area is 203 Å². The van der Waals surface area contributed by atoms with Gasteiger partial charge in [-0.05, 0) is 31.0 Å². The van der Waals surface area contributed by atoms with E-state index in [1.165, 1.54) is 35.9 Å². The number of nitrogens with zero attached hydrogens (tertiary/aromatic N) is 1. The van der Waals surface area contributed by atoms with Crippen LogP contribution in [0.3, 0.4) is 0 Å². The standard InChI is InChI=1S/C25H30N4O6/c1-3-35-23(32)14-12-19(11-13-22(26)31)28-24(33)21(16-18-8-5-4-6-9-18)29-15-7-10-20(25(29)34)27-17(2)30/h4-10,12,14-15,19,21H,3,11,13,16H2,1-2H3,(H2,26,31)(H,27,30)(H,28,33)/t19-,21-/m0/s1. The number of hydrogen-bond donors (Lipinski definition) is 3. The van der Waals surface area contributed by atoms with Crippen molar-refractivity contribution in [1.82, 2.24) is 9.88 Å². The molecule has 10 nitrogen and oxygen atoms in total. The van der Waals surface area contributed by atoms with Gasteiger partial charge >= 0.3 is 5.97 Å². The number of anilines is 1. The Balaban J connectivity index is 2.39. The number of esters is 1. The van der Waals surface area contributed by atoms with Crippen molar-refractivity contribution < 1.29 is 23.9 Å². The molecule has 0 aliphatic heterocycles. The van der Waals surface area contributed by atoms with Gasteiger partial charge in [-0.1, -0.05) is 36.4 Å². The average molecular weight is 483 g/mol. The van der Waals surface area contributed by atoms with Crippen molar-refractivity contribution in [1.29, 1.82) is 0 Å². The van der Waals surface area contributed by atoms with Crippen LogP contribution in [0.4, 0.5) is 5.69 Å². The molecule has 0 saturated heterocycles. The maximum Gasteiger partial charge on any atom is 0.330 e. The lowest BCUT2D eigenvalue weighted by atomic mass is 10.0. The van der Waals surface area contributed by atoms with Gasteiger partial charge in [-0.3, -0.25) is 19.2 Å². The van der Waals surface area contributed by atoms with E-state index in [1.54, 1.807) is 13.0 Å². The molecule has 2 aromatic rings. The van der Waals surface area contributed by atoms with Gasteiger partial charge in [0.2, 0.25) is 17.7 Å². The van der Waals surface area contributed by atoms with Crippen molar-refractivity contribution in [2.45, 2.75) is 45.2 Å². The number of hydrogen-bond acceptors (Lipinski definition) is 6. The van der Waals surface area contributed by atoms with Crippen LogP contribution in [0.5, 0.6) is 0 Å². The highest BCUT2D eigenvalue weighted by Crippen LogP contribution is 2.16. The van der Waals surface area contributed by atoms with Crippen molar-refractivity contribution in [2.24, 2.45) is 5.73 Å². The summed E-state index contributed by atoms with van der Waals surface area (Å²) in [6.07, 6.45) is 4.36. The number of carbonyl (C=O) groups excluding carboxylic acids is 4. The van der Waals surface area contributed by atoms with Crippen LogP contribution in [0.1, 0.15) is 38.3 Å². The molecule has 0 saturated carbocycles. The van der Waals surface area contributed by atoms with Crippen LogP contribution in [0, 0.1) is 0 Å². The number of primary amides is 1. The first-order chi connectivity index (χ1) is 16.7. The Hall–Kier alpha value is -4.21. The van der Waals surface area contributed by atoms with E-state index >= 15 is 0 Å². The minimum Gasteiger partial charge on any atom is -0.463 e. The van der Waals surface area contributed by atoms with Gasteiger partial charge in [0.05, 0.1) is 6.61 Å². The predicted octanol–water partition coefficient (Wildman–Crippen LogP) is 1.46. The van der Waals surface area contributed by atoms with E-state index in [1.807, 2.05) is 30.3 Å². The average Bonchev–Trinajstić information content (AvgIpc) is 2.81. The molecular weight excluding hydrogens is 452 g/mol. The zero-order chi connectivity index (χ0) is 25.8. The minimum atomic E-state index is -0.981. The van der Waals surface area contributed by atoms with Crippen LogP contribution >= 0.6 is 0 Å². The lowest BCUT2D eigenvalue weighted by Gasteiger charge is -2.23. The third kappa shape index (κ3) is 8.92. The number of amides is 3. The summed E-state index contributed by atoms with van der Waals surface area (Å²) in [5, 5.41) is 5.26. The summed E-state index contributed by atoms with van der Waals surface area (Å²) < 4.78 is 6.11. The van der Waals surface area contributed by atoms with Gasteiger partial charge in [-0.25, -0.2) is 4.79 Å². The number of pyridine rings is 1. The number of carbonyl (C=O) groups is 4. The highest BCUT2D eigenvalue weighted by atomic mass is 16.5. The number of nitrogens with two attached hydrogens (primary N) is 1. The Morgan fingerprint density at radius 2 is 1.83 bits per heavy atom. The van der Waals surface area contributed by atoms with Crippen LogP contribution in [0.2, 0.25) is 0 Å². The second-order valence-corrected chi connectivity index (χ2v) is 7.75. The number of ether oxygens (including phenoxy) is 1. The summed E-state index contributed by atoms with van der Waals surface area (Å²) in [5.74, 6) is -2.09. The van der Waals surface area contributed by atoms with Gasteiger partial charge in [-0.2, -0.15) is 0 Å². The second kappa shape index (κ2) is 13.5. The Bertz CT molecular complexity index is 1130. The van der Waals surface area contributed by atoms with Gasteiger partial charge in [-0.15, -0.1) is 0 Å². The molecule has 0 radical (unpaired) electrons. The second-order valence-electron chi connectivity index (χ2n) is 7.75. The van der Waals surface area contributed by atoms with Crippen LogP contribution in [-0.2, 0) is 30.3 Å². The fourth-order valence-electron chi connectivity index (χ4n) is 3.37. The van der Waals surface area contributed by atoms with Crippen molar-refractivity contribution in [3.63, 3.8) is 0 Å². The van der Waals surface area contributed by atoms with Crippen molar-refractivity contribution >= 4 is 29.4 Å². The van der Waals surface area contributed by atoms with Crippen LogP contribution in [-0.4, -0.2) is 40.9 Å². The summed E-state index contributed by atoms with van der Waals surface area (Å²) >= 11 is 0. The lowest BCUT2D eigenvalue weighted by molar-refractivity contribution is -0.137. The van der Waals surface area contributed by atoms with E-state index in [0.29, 0.717) is 0 Å². The summed E-state index contributed by atoms with van der Waals surface area (Å²) in [5.41, 5.74) is 5.56. The molecule has 0 unspecified atom stereocenters. The van der Waals surface area contributed by atoms with Crippen LogP contribution in [0.15, 0.2) is 65.6 Å². The summed E-state index contributed by atoms with van der Waals surface area (Å²) in [6.45, 7) is 3.14. The highest BCUT2D eigenvalue weighted by Gasteiger charge is 2.25. The van der Waals surface area contributed by atoms with E-state index in [-0.39, 0.29) is 31.6 Å². The van der Waals surface area contributed by atoms with E-state index < -0.39 is 41.3 Å². The first-order valence-electron chi connectivity index (χ1n) is 11.2. The number of benzene rings is 1. The highest BCUT2D eigenvalue weighted by molar-refractivity contribution is 5.88. The van der Waals surface area contributed by atoms with Gasteiger partial charge in [0.15, 0.2) is 0 Å². The Kier molecular flexibility index (Phi) is 10.4. The minimum absolute atomic E-state index is 0.0283. The molecule has 0 aliphatic rings. The summed E-state index contributed by atoms with van der Waals surface area (Å²) in [4.78, 5) is 61.0. The molecule has 35 heavy (non-hydrogen) atoms. The molecule has 186 valence electrons. The number of rotatable bonds is 12. The van der Waals surface area contributed by atoms with Crippen molar-refractivity contribution in [3.8, 4) is 0 Å². The zero-order valence-corrected chi connectivity index (χ0v) is 19.7. The topological polar surface area (TPSA) is 150 Å². The SMILES string of the molecule is CCOC(=O)C=C[C@H](CCC(N)=O)NC(=O)[C@H](Cc1ccccc1)n1cccc(NC(C)=O)c1=O. The fourth-order valence-corrected chi connectivity index (χ4v) is 3.37. The first-order valence-corrected chi connectivity index (χ1v) is 11.2. The van der Waals surface area contributed by atoms with Crippen molar-refractivity contribution in [3.05, 3.63) is 76.7 Å². The monoisotopic (exact) mass is 482 g/mol. The molecule has 0 spiro atoms. The van der Waals surface area contributed by atoms with Gasteiger partial charge in [0, 0.05) is 38.1 Å². The Morgan fingerprint density at radius 3 is 2.46 bits per heavy atom. The van der Waals surface area contributed by atoms with Gasteiger partial charge in [0.25, 0.3) is 5.56 Å². The van der Waals surface area contributed by atoms with E-state index in [9.17, 15) is 24.0 Å². The van der Waals surface area contributed by atoms with Gasteiger partial charge in [0.1, 0.15) is 11.7 Å². The first kappa shape index (κ1) is 27.0. The molecule has 4 N–H and O–H groups in total. The molecule has 0 fully saturated rings. The van der Waals surface area contributed by atoms with Crippen LogP contribution < -0.4 is 21.9 Å². The molecule has 2 atom stereocenters. The third-order valence-electron chi connectivity index (χ3n) is 4.98. The fraction of sp³-hybridized carbons (Fsp3) is 0.320. The molecule has 10 heteroatoms. The summed E-state index contributed by atoms with van der Waals surface area (Å²) in [7, 11) is 0. The van der Waals surface area contributed by atoms with E-state index in [2.05, 4.69) is 10.6 Å². The normalized spacial score (nSPS) is 12.5. The molecule has 1 heterocycles. The molecular formula is C25H30N4O6. The molecule has 2 rings (SSSR count).